The molecule has 0 atom stereocenters. The van der Waals surface area contributed by atoms with E-state index in [0.29, 0.717) is 15.6 Å². The van der Waals surface area contributed by atoms with Crippen molar-refractivity contribution >= 4 is 28.9 Å². The summed E-state index contributed by atoms with van der Waals surface area (Å²) in [5.74, 6) is 0.182. The monoisotopic (exact) mass is 364 g/mol. The highest BCUT2D eigenvalue weighted by molar-refractivity contribution is 6.39. The van der Waals surface area contributed by atoms with E-state index in [1.165, 1.54) is 12.1 Å². The average molecular weight is 365 g/mol. The third-order valence-corrected chi connectivity index (χ3v) is 4.12. The molecule has 24 heavy (non-hydrogen) atoms. The van der Waals surface area contributed by atoms with Gasteiger partial charge in [-0.25, -0.2) is 0 Å². The molecule has 0 bridgehead atoms. The van der Waals surface area contributed by atoms with Gasteiger partial charge in [-0.1, -0.05) is 46.6 Å². The third-order valence-electron chi connectivity index (χ3n) is 3.49. The molecule has 3 rings (SSSR count). The maximum Gasteiger partial charge on any atom is 0.278 e. The number of nitrogens with zero attached hydrogens (tertiary/aromatic N) is 2. The molecule has 0 spiro atoms. The van der Waals surface area contributed by atoms with Crippen molar-refractivity contribution in [2.24, 2.45) is 0 Å². The molecule has 1 N–H and O–H groups in total. The highest BCUT2D eigenvalue weighted by Gasteiger charge is 2.26. The number of nitro benzene ring substituents is 1. The van der Waals surface area contributed by atoms with Crippen LogP contribution < -0.4 is 0 Å². The molecule has 0 fully saturated rings. The molecule has 0 amide bonds. The Bertz CT molecular complexity index is 904. The van der Waals surface area contributed by atoms with E-state index in [1.807, 2.05) is 0 Å². The summed E-state index contributed by atoms with van der Waals surface area (Å²) in [6.45, 7) is -0.443. The highest BCUT2D eigenvalue weighted by Crippen LogP contribution is 2.41. The van der Waals surface area contributed by atoms with Crippen molar-refractivity contribution in [1.82, 2.24) is 5.16 Å². The molecule has 0 saturated carbocycles. The number of hydrogen-bond donors (Lipinski definition) is 1. The molecule has 122 valence electrons. The number of para-hydroxylation sites is 1. The zero-order valence-corrected chi connectivity index (χ0v) is 13.6. The van der Waals surface area contributed by atoms with Crippen LogP contribution in [0.4, 0.5) is 5.69 Å². The first-order valence-electron chi connectivity index (χ1n) is 6.82. The van der Waals surface area contributed by atoms with Gasteiger partial charge in [-0.15, -0.1) is 0 Å². The second kappa shape index (κ2) is 6.60. The van der Waals surface area contributed by atoms with E-state index in [0.717, 1.165) is 0 Å². The van der Waals surface area contributed by atoms with Crippen LogP contribution in [0.5, 0.6) is 0 Å². The van der Waals surface area contributed by atoms with Gasteiger partial charge in [0.05, 0.1) is 38.3 Å². The molecule has 0 aliphatic heterocycles. The zero-order valence-electron chi connectivity index (χ0n) is 12.1. The van der Waals surface area contributed by atoms with Crippen LogP contribution in [0.15, 0.2) is 47.0 Å². The number of aromatic nitrogens is 1. The lowest BCUT2D eigenvalue weighted by atomic mass is 10.0. The van der Waals surface area contributed by atoms with Crippen LogP contribution >= 0.6 is 23.2 Å². The number of rotatable bonds is 4. The van der Waals surface area contributed by atoms with Crippen molar-refractivity contribution < 1.29 is 14.6 Å². The molecule has 8 heteroatoms. The molecule has 0 radical (unpaired) electrons. The van der Waals surface area contributed by atoms with Crippen LogP contribution in [-0.4, -0.2) is 15.2 Å². The summed E-state index contributed by atoms with van der Waals surface area (Å²) < 4.78 is 5.32. The Morgan fingerprint density at radius 1 is 1.12 bits per heavy atom. The number of halogens is 2. The smallest absolute Gasteiger partial charge is 0.278 e. The summed E-state index contributed by atoms with van der Waals surface area (Å²) in [7, 11) is 0. The van der Waals surface area contributed by atoms with Crippen LogP contribution in [0.2, 0.25) is 10.0 Å². The van der Waals surface area contributed by atoms with Gasteiger partial charge in [-0.05, 0) is 18.2 Å². The lowest BCUT2D eigenvalue weighted by Gasteiger charge is -2.05. The van der Waals surface area contributed by atoms with Gasteiger partial charge >= 0.3 is 0 Å². The molecule has 0 saturated heterocycles. The maximum absolute atomic E-state index is 11.2. The van der Waals surface area contributed by atoms with Crippen molar-refractivity contribution in [3.8, 4) is 22.6 Å². The topological polar surface area (TPSA) is 89.4 Å². The number of nitro groups is 1. The number of hydrogen-bond acceptors (Lipinski definition) is 5. The van der Waals surface area contributed by atoms with Crippen LogP contribution in [-0.2, 0) is 6.61 Å². The van der Waals surface area contributed by atoms with E-state index in [2.05, 4.69) is 5.16 Å². The Balaban J connectivity index is 2.25. The van der Waals surface area contributed by atoms with Crippen molar-refractivity contribution in [3.05, 3.63) is 68.2 Å². The predicted molar refractivity (Wildman–Crippen MR) is 90.0 cm³/mol. The number of benzene rings is 2. The van der Waals surface area contributed by atoms with Gasteiger partial charge in [0.1, 0.15) is 5.69 Å². The SMILES string of the molecule is O=[N+]([O-])c1ccccc1-c1noc(-c2c(Cl)cccc2Cl)c1CO. The van der Waals surface area contributed by atoms with Gasteiger partial charge < -0.3 is 9.63 Å². The molecule has 1 aromatic heterocycles. The summed E-state index contributed by atoms with van der Waals surface area (Å²) in [5.41, 5.74) is 0.930. The molecule has 3 aromatic rings. The first-order chi connectivity index (χ1) is 11.5. The largest absolute Gasteiger partial charge is 0.391 e. The average Bonchev–Trinajstić information content (AvgIpc) is 2.98. The minimum atomic E-state index is -0.521. The Morgan fingerprint density at radius 2 is 1.79 bits per heavy atom. The van der Waals surface area contributed by atoms with Gasteiger partial charge in [0.15, 0.2) is 5.76 Å². The zero-order chi connectivity index (χ0) is 17.3. The minimum Gasteiger partial charge on any atom is -0.391 e. The molecule has 0 aliphatic rings. The Hall–Kier alpha value is -2.41. The standard InChI is InChI=1S/C16H10Cl2N2O4/c17-11-5-3-6-12(18)14(11)16-10(8-21)15(19-24-16)9-4-1-2-7-13(9)20(22)23/h1-7,21H,8H2. The molecule has 2 aromatic carbocycles. The Morgan fingerprint density at radius 3 is 2.42 bits per heavy atom. The normalized spacial score (nSPS) is 10.8. The fourth-order valence-electron chi connectivity index (χ4n) is 2.41. The van der Waals surface area contributed by atoms with Crippen molar-refractivity contribution in [2.45, 2.75) is 6.61 Å². The molecular formula is C16H10Cl2N2O4. The molecule has 6 nitrogen and oxygen atoms in total. The molecular weight excluding hydrogens is 355 g/mol. The highest BCUT2D eigenvalue weighted by atomic mass is 35.5. The van der Waals surface area contributed by atoms with Crippen LogP contribution in [0, 0.1) is 10.1 Å². The number of aliphatic hydroxyl groups is 1. The van der Waals surface area contributed by atoms with E-state index >= 15 is 0 Å². The van der Waals surface area contributed by atoms with Gasteiger partial charge in [0.2, 0.25) is 0 Å². The van der Waals surface area contributed by atoms with E-state index in [9.17, 15) is 15.2 Å². The van der Waals surface area contributed by atoms with Crippen LogP contribution in [0.25, 0.3) is 22.6 Å². The van der Waals surface area contributed by atoms with Crippen molar-refractivity contribution in [2.75, 3.05) is 0 Å². The maximum atomic E-state index is 11.2. The summed E-state index contributed by atoms with van der Waals surface area (Å²) in [4.78, 5) is 10.7. The van der Waals surface area contributed by atoms with Crippen LogP contribution in [0.1, 0.15) is 5.56 Å². The van der Waals surface area contributed by atoms with E-state index in [4.69, 9.17) is 27.7 Å². The van der Waals surface area contributed by atoms with Gasteiger partial charge in [-0.2, -0.15) is 0 Å². The Kier molecular flexibility index (Phi) is 4.53. The van der Waals surface area contributed by atoms with E-state index in [1.54, 1.807) is 30.3 Å². The number of aliphatic hydroxyl groups excluding tert-OH is 1. The summed E-state index contributed by atoms with van der Waals surface area (Å²) in [5, 5.41) is 25.5. The fraction of sp³-hybridized carbons (Fsp3) is 0.0625. The van der Waals surface area contributed by atoms with Crippen molar-refractivity contribution in [1.29, 1.82) is 0 Å². The predicted octanol–water partition coefficient (Wildman–Crippen LogP) is 4.72. The second-order valence-corrected chi connectivity index (χ2v) is 5.68. The molecule has 0 unspecified atom stereocenters. The van der Waals surface area contributed by atoms with Gasteiger partial charge in [0.25, 0.3) is 5.69 Å². The Labute approximate surface area is 146 Å². The minimum absolute atomic E-state index is 0.141. The lowest BCUT2D eigenvalue weighted by Crippen LogP contribution is -1.95. The third kappa shape index (κ3) is 2.75. The van der Waals surface area contributed by atoms with E-state index in [-0.39, 0.29) is 28.3 Å². The van der Waals surface area contributed by atoms with Gasteiger partial charge in [0, 0.05) is 6.07 Å². The fourth-order valence-corrected chi connectivity index (χ4v) is 2.98. The first kappa shape index (κ1) is 16.4. The first-order valence-corrected chi connectivity index (χ1v) is 7.57. The lowest BCUT2D eigenvalue weighted by molar-refractivity contribution is -0.384. The molecule has 1 heterocycles. The van der Waals surface area contributed by atoms with E-state index < -0.39 is 11.5 Å². The van der Waals surface area contributed by atoms with Crippen LogP contribution in [0.3, 0.4) is 0 Å². The van der Waals surface area contributed by atoms with Gasteiger partial charge in [-0.3, -0.25) is 10.1 Å². The summed E-state index contributed by atoms with van der Waals surface area (Å²) >= 11 is 12.3. The molecule has 0 aliphatic carbocycles. The summed E-state index contributed by atoms with van der Waals surface area (Å²) in [6.07, 6.45) is 0. The summed E-state index contributed by atoms with van der Waals surface area (Å²) in [6, 6.07) is 11.0. The van der Waals surface area contributed by atoms with Crippen molar-refractivity contribution in [3.63, 3.8) is 0 Å². The second-order valence-electron chi connectivity index (χ2n) is 4.87. The quantitative estimate of drug-likeness (QED) is 0.534.